The monoisotopic (exact) mass is 241 g/mol. The molecule has 0 aromatic heterocycles. The van der Waals surface area contributed by atoms with Gasteiger partial charge in [0.2, 0.25) is 0 Å². The van der Waals surface area contributed by atoms with Gasteiger partial charge in [0.05, 0.1) is 12.8 Å². The van der Waals surface area contributed by atoms with Crippen LogP contribution in [0.2, 0.25) is 0 Å². The molecule has 0 aromatic rings. The second-order valence-corrected chi connectivity index (χ2v) is 3.29. The summed E-state index contributed by atoms with van der Waals surface area (Å²) in [6.45, 7) is -0.439. The first-order chi connectivity index (χ1) is 4.42. The predicted octanol–water partition coefficient (Wildman–Crippen LogP) is -3.15. The van der Waals surface area contributed by atoms with Crippen molar-refractivity contribution in [2.24, 2.45) is 0 Å². The summed E-state index contributed by atoms with van der Waals surface area (Å²) >= 11 is 0. The number of aliphatic carboxylic acids is 1. The molecule has 0 aliphatic heterocycles. The second kappa shape index (κ2) is 12.6. The number of carbonyl (C=O) groups is 1. The predicted molar refractivity (Wildman–Crippen MR) is 54.0 cm³/mol. The third kappa shape index (κ3) is 25.1. The van der Waals surface area contributed by atoms with Crippen molar-refractivity contribution in [2.75, 3.05) is 12.8 Å². The van der Waals surface area contributed by atoms with Gasteiger partial charge in [0, 0.05) is 0 Å². The van der Waals surface area contributed by atoms with Crippen molar-refractivity contribution < 1.29 is 24.3 Å². The Labute approximate surface area is 142 Å². The van der Waals surface area contributed by atoms with Gasteiger partial charge in [0.15, 0.2) is 0 Å². The van der Waals surface area contributed by atoms with E-state index < -0.39 is 26.4 Å². The summed E-state index contributed by atoms with van der Waals surface area (Å²) in [6.07, 6.45) is -0.598. The summed E-state index contributed by atoms with van der Waals surface area (Å²) in [6, 6.07) is 0. The molecule has 0 rings (SSSR count). The third-order valence-corrected chi connectivity index (χ3v) is 1.23. The molecule has 0 amide bonds. The van der Waals surface area contributed by atoms with E-state index in [1.807, 2.05) is 0 Å². The van der Waals surface area contributed by atoms with Gasteiger partial charge in [-0.15, -0.1) is 0 Å². The maximum absolute atomic E-state index is 10.1. The van der Waals surface area contributed by atoms with Gasteiger partial charge in [0.25, 0.3) is 0 Å². The Morgan fingerprint density at radius 1 is 1.23 bits per heavy atom. The molecular formula is C3H11NNa3O5P. The third-order valence-electron chi connectivity index (χ3n) is 0.594. The van der Waals surface area contributed by atoms with Gasteiger partial charge in [-0.25, -0.2) is 0 Å². The van der Waals surface area contributed by atoms with E-state index in [1.54, 1.807) is 0 Å². The molecule has 4 N–H and O–H groups in total. The molecule has 0 atom stereocenters. The molecule has 0 spiro atoms. The molecule has 0 radical (unpaired) electrons. The van der Waals surface area contributed by atoms with Crippen LogP contribution in [-0.4, -0.2) is 122 Å². The zero-order valence-corrected chi connectivity index (χ0v) is 5.91. The average Bonchev–Trinajstić information content (AvgIpc) is 1.59. The zero-order valence-electron chi connectivity index (χ0n) is 5.02. The van der Waals surface area contributed by atoms with Gasteiger partial charge in [0.1, 0.15) is 0 Å². The fraction of sp³-hybridized carbons (Fsp3) is 0.667. The molecular weight excluding hydrogens is 230 g/mol. The Morgan fingerprint density at radius 2 is 1.62 bits per heavy atom. The first-order valence-corrected chi connectivity index (χ1v) is 4.18. The van der Waals surface area contributed by atoms with E-state index in [2.05, 4.69) is 5.32 Å². The molecule has 0 heterocycles. The number of carboxylic acids is 1. The fourth-order valence-corrected chi connectivity index (χ4v) is 0.712. The van der Waals surface area contributed by atoms with E-state index in [0.717, 1.165) is 0 Å². The molecule has 0 aliphatic carbocycles. The van der Waals surface area contributed by atoms with Gasteiger partial charge >= 0.3 is 102 Å². The van der Waals surface area contributed by atoms with E-state index in [9.17, 15) is 9.36 Å². The Kier molecular flexibility index (Phi) is 24.0. The Morgan fingerprint density at radius 3 is 1.85 bits per heavy atom. The van der Waals surface area contributed by atoms with E-state index in [1.165, 1.54) is 0 Å². The molecule has 0 aliphatic rings. The number of nitrogens with one attached hydrogen (secondary N) is 1. The standard InChI is InChI=1S/C3H8NO5P.3Na.3H/c5-3(6)1-4-2-10(7,8)9;;;;;;/h4H,1-2H2,(H,5,6)(H2,7,8,9);;;;;;. The van der Waals surface area contributed by atoms with Crippen molar-refractivity contribution in [1.29, 1.82) is 0 Å². The van der Waals surface area contributed by atoms with Crippen LogP contribution in [0.4, 0.5) is 0 Å². The van der Waals surface area contributed by atoms with Gasteiger partial charge in [-0.05, 0) is 0 Å². The summed E-state index contributed by atoms with van der Waals surface area (Å²) in [7, 11) is -4.10. The van der Waals surface area contributed by atoms with Gasteiger partial charge in [-0.1, -0.05) is 0 Å². The molecule has 0 bridgehead atoms. The normalized spacial score (nSPS) is 8.77. The maximum atomic E-state index is 10.1. The van der Waals surface area contributed by atoms with Gasteiger partial charge in [-0.3, -0.25) is 14.7 Å². The quantitative estimate of drug-likeness (QED) is 0.306. The zero-order chi connectivity index (χ0) is 8.20. The van der Waals surface area contributed by atoms with Crippen LogP contribution >= 0.6 is 7.60 Å². The molecule has 0 unspecified atom stereocenters. The SMILES string of the molecule is O=C(O)CNCP(=O)(O)O.[NaH].[NaH].[NaH]. The summed E-state index contributed by atoms with van der Waals surface area (Å²) in [4.78, 5) is 26.1. The van der Waals surface area contributed by atoms with Crippen LogP contribution in [0.1, 0.15) is 0 Å². The number of carboxylic acid groups (broad SMARTS) is 1. The molecule has 0 saturated carbocycles. The van der Waals surface area contributed by atoms with Crippen LogP contribution < -0.4 is 5.32 Å². The van der Waals surface area contributed by atoms with Crippen molar-refractivity contribution in [3.63, 3.8) is 0 Å². The van der Waals surface area contributed by atoms with Crippen LogP contribution in [0, 0.1) is 0 Å². The van der Waals surface area contributed by atoms with Crippen molar-refractivity contribution in [2.45, 2.75) is 0 Å². The minimum absolute atomic E-state index is 0. The Bertz CT molecular complexity index is 172. The van der Waals surface area contributed by atoms with Crippen LogP contribution in [0.25, 0.3) is 0 Å². The van der Waals surface area contributed by atoms with Gasteiger partial charge < -0.3 is 14.9 Å². The van der Waals surface area contributed by atoms with Crippen LogP contribution in [0.15, 0.2) is 0 Å². The molecule has 0 aromatic carbocycles. The van der Waals surface area contributed by atoms with Crippen molar-refractivity contribution in [3.8, 4) is 0 Å². The first-order valence-electron chi connectivity index (χ1n) is 2.39. The molecule has 13 heavy (non-hydrogen) atoms. The summed E-state index contributed by atoms with van der Waals surface area (Å²) in [5.41, 5.74) is 0. The van der Waals surface area contributed by atoms with E-state index in [0.29, 0.717) is 0 Å². The number of hydrogen-bond donors (Lipinski definition) is 4. The number of hydrogen-bond acceptors (Lipinski definition) is 3. The fourth-order valence-electron chi connectivity index (χ4n) is 0.308. The van der Waals surface area contributed by atoms with Crippen molar-refractivity contribution in [3.05, 3.63) is 0 Å². The average molecular weight is 241 g/mol. The number of rotatable bonds is 4. The molecule has 0 saturated heterocycles. The summed E-state index contributed by atoms with van der Waals surface area (Å²) in [5, 5.41) is 10.1. The second-order valence-electron chi connectivity index (χ2n) is 1.64. The van der Waals surface area contributed by atoms with Gasteiger partial charge in [-0.2, -0.15) is 0 Å². The van der Waals surface area contributed by atoms with Crippen molar-refractivity contribution in [1.82, 2.24) is 5.32 Å². The van der Waals surface area contributed by atoms with Crippen LogP contribution in [0.5, 0.6) is 0 Å². The molecule has 0 fully saturated rings. The molecule has 6 nitrogen and oxygen atoms in total. The molecule has 10 heteroatoms. The Hall–Kier alpha value is 2.58. The van der Waals surface area contributed by atoms with Crippen LogP contribution in [0.3, 0.4) is 0 Å². The minimum atomic E-state index is -4.10. The summed E-state index contributed by atoms with van der Waals surface area (Å²) in [5.74, 6) is -1.14. The molecule has 66 valence electrons. The van der Waals surface area contributed by atoms with Crippen LogP contribution in [-0.2, 0) is 9.36 Å². The van der Waals surface area contributed by atoms with Crippen molar-refractivity contribution >= 4 is 102 Å². The summed E-state index contributed by atoms with van der Waals surface area (Å²) < 4.78 is 10.1. The first kappa shape index (κ1) is 24.7. The van der Waals surface area contributed by atoms with E-state index >= 15 is 0 Å². The van der Waals surface area contributed by atoms with E-state index in [4.69, 9.17) is 14.9 Å². The van der Waals surface area contributed by atoms with E-state index in [-0.39, 0.29) is 88.7 Å². The topological polar surface area (TPSA) is 107 Å². The Balaban J connectivity index is -0.000000135.